The fourth-order valence-electron chi connectivity index (χ4n) is 0.722. The van der Waals surface area contributed by atoms with Crippen LogP contribution in [0.1, 0.15) is 18.7 Å². The van der Waals surface area contributed by atoms with Crippen LogP contribution in [-0.4, -0.2) is 4.98 Å². The third-order valence-electron chi connectivity index (χ3n) is 1.26. The van der Waals surface area contributed by atoms with Gasteiger partial charge in [0.15, 0.2) is 0 Å². The zero-order valence-electron chi connectivity index (χ0n) is 6.32. The smallest absolute Gasteiger partial charge is 0.123 e. The lowest BCUT2D eigenvalue weighted by Crippen LogP contribution is -2.07. The zero-order chi connectivity index (χ0) is 7.56. The molecule has 0 aliphatic rings. The molecule has 0 radical (unpaired) electrons. The molecule has 0 saturated heterocycles. The fourth-order valence-corrected chi connectivity index (χ4v) is 0.722. The molecule has 0 aliphatic heterocycles. The summed E-state index contributed by atoms with van der Waals surface area (Å²) in [7, 11) is 0. The molecule has 0 aromatic carbocycles. The molecule has 3 nitrogen and oxygen atoms in total. The lowest BCUT2D eigenvalue weighted by Gasteiger charge is -2.03. The summed E-state index contributed by atoms with van der Waals surface area (Å²) in [6.45, 7) is 1.88. The Hall–Kier alpha value is -0.800. The van der Waals surface area contributed by atoms with Gasteiger partial charge in [-0.3, -0.25) is 0 Å². The third kappa shape index (κ3) is 2.74. The van der Waals surface area contributed by atoms with Gasteiger partial charge in [-0.1, -0.05) is 6.07 Å². The first-order valence-electron chi connectivity index (χ1n) is 3.18. The molecule has 0 amide bonds. The van der Waals surface area contributed by atoms with Crippen molar-refractivity contribution < 1.29 is 0 Å². The second-order valence-electron chi connectivity index (χ2n) is 2.28. The van der Waals surface area contributed by atoms with Gasteiger partial charge in [0.05, 0.1) is 5.69 Å². The van der Waals surface area contributed by atoms with Crippen LogP contribution in [0.5, 0.6) is 0 Å². The molecule has 0 fully saturated rings. The number of nitrogens with zero attached hydrogens (tertiary/aromatic N) is 1. The maximum atomic E-state index is 5.56. The quantitative estimate of drug-likeness (QED) is 0.669. The van der Waals surface area contributed by atoms with Crippen molar-refractivity contribution in [1.29, 1.82) is 0 Å². The molecule has 4 heteroatoms. The summed E-state index contributed by atoms with van der Waals surface area (Å²) >= 11 is 0. The Labute approximate surface area is 72.2 Å². The lowest BCUT2D eigenvalue weighted by molar-refractivity contribution is 0.783. The minimum absolute atomic E-state index is 0. The second kappa shape index (κ2) is 4.16. The summed E-state index contributed by atoms with van der Waals surface area (Å²) in [5, 5.41) is 0. The van der Waals surface area contributed by atoms with Gasteiger partial charge in [0.25, 0.3) is 0 Å². The molecule has 4 N–H and O–H groups in total. The first-order valence-corrected chi connectivity index (χ1v) is 3.18. The van der Waals surface area contributed by atoms with Gasteiger partial charge >= 0.3 is 0 Å². The molecule has 1 atom stereocenters. The lowest BCUT2D eigenvalue weighted by atomic mass is 10.2. The van der Waals surface area contributed by atoms with E-state index in [1.165, 1.54) is 0 Å². The van der Waals surface area contributed by atoms with Crippen LogP contribution in [0.4, 0.5) is 5.82 Å². The highest BCUT2D eigenvalue weighted by molar-refractivity contribution is 5.85. The molecule has 0 unspecified atom stereocenters. The van der Waals surface area contributed by atoms with Crippen LogP contribution in [0.2, 0.25) is 0 Å². The summed E-state index contributed by atoms with van der Waals surface area (Å²) < 4.78 is 0. The molecule has 1 aromatic heterocycles. The number of nitrogens with two attached hydrogens (primary N) is 2. The molecule has 11 heavy (non-hydrogen) atoms. The number of hydrogen-bond donors (Lipinski definition) is 2. The van der Waals surface area contributed by atoms with Gasteiger partial charge in [0.1, 0.15) is 5.82 Å². The molecule has 0 saturated carbocycles. The third-order valence-corrected chi connectivity index (χ3v) is 1.26. The molecule has 1 rings (SSSR count). The topological polar surface area (TPSA) is 64.9 Å². The van der Waals surface area contributed by atoms with E-state index in [0.717, 1.165) is 5.69 Å². The van der Waals surface area contributed by atoms with Crippen LogP contribution in [0, 0.1) is 0 Å². The van der Waals surface area contributed by atoms with Crippen LogP contribution < -0.4 is 11.5 Å². The Morgan fingerprint density at radius 2 is 2.09 bits per heavy atom. The van der Waals surface area contributed by atoms with E-state index < -0.39 is 0 Å². The Morgan fingerprint density at radius 3 is 2.45 bits per heavy atom. The number of aromatic nitrogens is 1. The average Bonchev–Trinajstić information content (AvgIpc) is 1.88. The van der Waals surface area contributed by atoms with Gasteiger partial charge < -0.3 is 11.5 Å². The van der Waals surface area contributed by atoms with E-state index in [2.05, 4.69) is 4.98 Å². The predicted molar refractivity (Wildman–Crippen MR) is 48.5 cm³/mol. The minimum Gasteiger partial charge on any atom is -0.384 e. The standard InChI is InChI=1S/C7H11N3.ClH/c1-5(8)6-3-2-4-7(9)10-6;/h2-5H,8H2,1H3,(H2,9,10);1H/t5-;/m1./s1. The Morgan fingerprint density at radius 1 is 1.45 bits per heavy atom. The van der Waals surface area contributed by atoms with Crippen LogP contribution in [0.3, 0.4) is 0 Å². The number of halogens is 1. The van der Waals surface area contributed by atoms with E-state index in [4.69, 9.17) is 11.5 Å². The SMILES string of the molecule is C[C@@H](N)c1cccc(N)n1.Cl. The number of rotatable bonds is 1. The Balaban J connectivity index is 0.000001000. The molecule has 1 aromatic rings. The molecule has 0 spiro atoms. The van der Waals surface area contributed by atoms with Crippen molar-refractivity contribution in [3.05, 3.63) is 23.9 Å². The normalized spacial score (nSPS) is 11.8. The number of pyridine rings is 1. The van der Waals surface area contributed by atoms with Crippen molar-refractivity contribution in [3.63, 3.8) is 0 Å². The number of hydrogen-bond acceptors (Lipinski definition) is 3. The monoisotopic (exact) mass is 173 g/mol. The van der Waals surface area contributed by atoms with Crippen LogP contribution in [0.15, 0.2) is 18.2 Å². The van der Waals surface area contributed by atoms with Gasteiger partial charge in [-0.25, -0.2) is 4.98 Å². The highest BCUT2D eigenvalue weighted by Crippen LogP contribution is 2.06. The van der Waals surface area contributed by atoms with E-state index in [1.54, 1.807) is 6.07 Å². The fraction of sp³-hybridized carbons (Fsp3) is 0.286. The first kappa shape index (κ1) is 10.2. The summed E-state index contributed by atoms with van der Waals surface area (Å²) in [5.41, 5.74) is 11.8. The highest BCUT2D eigenvalue weighted by Gasteiger charge is 1.98. The molecule has 0 bridgehead atoms. The van der Waals surface area contributed by atoms with E-state index in [-0.39, 0.29) is 18.4 Å². The Kier molecular flexibility index (Phi) is 3.85. The van der Waals surface area contributed by atoms with E-state index in [9.17, 15) is 0 Å². The van der Waals surface area contributed by atoms with Crippen molar-refractivity contribution in [2.45, 2.75) is 13.0 Å². The summed E-state index contributed by atoms with van der Waals surface area (Å²) in [5.74, 6) is 0.523. The molecular formula is C7H12ClN3. The van der Waals surface area contributed by atoms with Crippen molar-refractivity contribution in [3.8, 4) is 0 Å². The molecular weight excluding hydrogens is 162 g/mol. The molecule has 0 aliphatic carbocycles. The molecule has 1 heterocycles. The van der Waals surface area contributed by atoms with Gasteiger partial charge in [0.2, 0.25) is 0 Å². The van der Waals surface area contributed by atoms with Crippen LogP contribution >= 0.6 is 12.4 Å². The summed E-state index contributed by atoms with van der Waals surface area (Å²) in [6.07, 6.45) is 0. The van der Waals surface area contributed by atoms with E-state index in [0.29, 0.717) is 5.82 Å². The maximum absolute atomic E-state index is 5.56. The van der Waals surface area contributed by atoms with Crippen LogP contribution in [-0.2, 0) is 0 Å². The highest BCUT2D eigenvalue weighted by atomic mass is 35.5. The van der Waals surface area contributed by atoms with Gasteiger partial charge in [-0.05, 0) is 19.1 Å². The largest absolute Gasteiger partial charge is 0.384 e. The zero-order valence-corrected chi connectivity index (χ0v) is 7.14. The predicted octanol–water partition coefficient (Wildman–Crippen LogP) is 1.11. The Bertz CT molecular complexity index is 225. The average molecular weight is 174 g/mol. The minimum atomic E-state index is -0.0384. The maximum Gasteiger partial charge on any atom is 0.123 e. The van der Waals surface area contributed by atoms with Gasteiger partial charge in [-0.2, -0.15) is 0 Å². The van der Waals surface area contributed by atoms with E-state index in [1.807, 2.05) is 19.1 Å². The number of anilines is 1. The van der Waals surface area contributed by atoms with Gasteiger partial charge in [-0.15, -0.1) is 12.4 Å². The van der Waals surface area contributed by atoms with E-state index >= 15 is 0 Å². The summed E-state index contributed by atoms with van der Waals surface area (Å²) in [4.78, 5) is 4.03. The van der Waals surface area contributed by atoms with Crippen molar-refractivity contribution in [2.75, 3.05) is 5.73 Å². The second-order valence-corrected chi connectivity index (χ2v) is 2.28. The number of nitrogen functional groups attached to an aromatic ring is 1. The van der Waals surface area contributed by atoms with Crippen LogP contribution in [0.25, 0.3) is 0 Å². The van der Waals surface area contributed by atoms with Crippen molar-refractivity contribution in [2.24, 2.45) is 5.73 Å². The first-order chi connectivity index (χ1) is 4.70. The van der Waals surface area contributed by atoms with Crippen molar-refractivity contribution >= 4 is 18.2 Å². The summed E-state index contributed by atoms with van der Waals surface area (Å²) in [6, 6.07) is 5.41. The van der Waals surface area contributed by atoms with Crippen molar-refractivity contribution in [1.82, 2.24) is 4.98 Å². The molecule has 62 valence electrons. The van der Waals surface area contributed by atoms with Gasteiger partial charge in [0, 0.05) is 6.04 Å².